The predicted octanol–water partition coefficient (Wildman–Crippen LogP) is 3.67. The highest BCUT2D eigenvalue weighted by Gasteiger charge is 2.24. The Morgan fingerprint density at radius 3 is 2.60 bits per heavy atom. The van der Waals surface area contributed by atoms with Crippen LogP contribution in [0.4, 0.5) is 0 Å². The standard InChI is InChI=1S/C14H21N/c1-2-3-9-14(15-13-10-11-13)12-7-5-4-6-8-12/h4-8,13-15H,2-3,9-11H2,1H3. The fraction of sp³-hybridized carbons (Fsp3) is 0.571. The summed E-state index contributed by atoms with van der Waals surface area (Å²) >= 11 is 0. The predicted molar refractivity (Wildman–Crippen MR) is 64.9 cm³/mol. The zero-order valence-electron chi connectivity index (χ0n) is 9.58. The van der Waals surface area contributed by atoms with Gasteiger partial charge in [0.25, 0.3) is 0 Å². The first-order valence-corrected chi connectivity index (χ1v) is 6.21. The van der Waals surface area contributed by atoms with Crippen molar-refractivity contribution in [3.8, 4) is 0 Å². The highest BCUT2D eigenvalue weighted by atomic mass is 15.0. The Balaban J connectivity index is 1.96. The topological polar surface area (TPSA) is 12.0 Å². The largest absolute Gasteiger partial charge is 0.307 e. The van der Waals surface area contributed by atoms with Crippen molar-refractivity contribution in [2.75, 3.05) is 0 Å². The Morgan fingerprint density at radius 1 is 1.27 bits per heavy atom. The zero-order valence-corrected chi connectivity index (χ0v) is 9.58. The minimum atomic E-state index is 0.582. The molecule has 0 aromatic heterocycles. The molecule has 0 spiro atoms. The molecule has 0 amide bonds. The normalized spacial score (nSPS) is 17.7. The summed E-state index contributed by atoms with van der Waals surface area (Å²) in [5.74, 6) is 0. The van der Waals surface area contributed by atoms with Gasteiger partial charge < -0.3 is 5.32 Å². The van der Waals surface area contributed by atoms with Crippen LogP contribution in [0.5, 0.6) is 0 Å². The Kier molecular flexibility index (Phi) is 3.79. The second-order valence-corrected chi connectivity index (χ2v) is 4.55. The second-order valence-electron chi connectivity index (χ2n) is 4.55. The lowest BCUT2D eigenvalue weighted by Gasteiger charge is -2.18. The molecule has 1 aliphatic carbocycles. The number of hydrogen-bond acceptors (Lipinski definition) is 1. The van der Waals surface area contributed by atoms with Crippen LogP contribution >= 0.6 is 0 Å². The van der Waals surface area contributed by atoms with Crippen molar-refractivity contribution in [3.05, 3.63) is 35.9 Å². The molecule has 1 fully saturated rings. The van der Waals surface area contributed by atoms with Crippen LogP contribution in [0.2, 0.25) is 0 Å². The lowest BCUT2D eigenvalue weighted by Crippen LogP contribution is -2.23. The number of benzene rings is 1. The Bertz CT molecular complexity index is 277. The third-order valence-electron chi connectivity index (χ3n) is 3.06. The van der Waals surface area contributed by atoms with Gasteiger partial charge >= 0.3 is 0 Å². The summed E-state index contributed by atoms with van der Waals surface area (Å²) in [7, 11) is 0. The Hall–Kier alpha value is -0.820. The first-order chi connectivity index (χ1) is 7.40. The molecule has 0 saturated heterocycles. The van der Waals surface area contributed by atoms with Gasteiger partial charge in [0.2, 0.25) is 0 Å². The number of rotatable bonds is 6. The lowest BCUT2D eigenvalue weighted by molar-refractivity contribution is 0.478. The van der Waals surface area contributed by atoms with Gasteiger partial charge in [0.05, 0.1) is 0 Å². The van der Waals surface area contributed by atoms with Crippen LogP contribution in [0, 0.1) is 0 Å². The third kappa shape index (κ3) is 3.35. The van der Waals surface area contributed by atoms with Gasteiger partial charge in [-0.3, -0.25) is 0 Å². The molecule has 1 saturated carbocycles. The SMILES string of the molecule is CCCCC(NC1CC1)c1ccccc1. The molecular weight excluding hydrogens is 182 g/mol. The van der Waals surface area contributed by atoms with E-state index in [4.69, 9.17) is 0 Å². The lowest BCUT2D eigenvalue weighted by atomic mass is 10.0. The average Bonchev–Trinajstić information content (AvgIpc) is 3.09. The Morgan fingerprint density at radius 2 is 2.00 bits per heavy atom. The maximum atomic E-state index is 3.74. The molecule has 1 nitrogen and oxygen atoms in total. The van der Waals surface area contributed by atoms with Crippen molar-refractivity contribution in [1.29, 1.82) is 0 Å². The molecule has 82 valence electrons. The van der Waals surface area contributed by atoms with E-state index in [1.165, 1.54) is 37.7 Å². The van der Waals surface area contributed by atoms with Gasteiger partial charge in [-0.1, -0.05) is 50.1 Å². The molecular formula is C14H21N. The van der Waals surface area contributed by atoms with E-state index in [0.29, 0.717) is 6.04 Å². The van der Waals surface area contributed by atoms with Crippen LogP contribution in [0.1, 0.15) is 50.6 Å². The monoisotopic (exact) mass is 203 g/mol. The fourth-order valence-corrected chi connectivity index (χ4v) is 1.97. The van der Waals surface area contributed by atoms with Crippen LogP contribution in [-0.4, -0.2) is 6.04 Å². The van der Waals surface area contributed by atoms with Crippen molar-refractivity contribution in [2.24, 2.45) is 0 Å². The first kappa shape index (κ1) is 10.7. The van der Waals surface area contributed by atoms with Gasteiger partial charge in [0.15, 0.2) is 0 Å². The van der Waals surface area contributed by atoms with Crippen LogP contribution in [0.25, 0.3) is 0 Å². The summed E-state index contributed by atoms with van der Waals surface area (Å²) in [6.07, 6.45) is 6.62. The molecule has 0 heterocycles. The molecule has 1 N–H and O–H groups in total. The van der Waals surface area contributed by atoms with E-state index in [2.05, 4.69) is 42.6 Å². The molecule has 0 aliphatic heterocycles. The zero-order chi connectivity index (χ0) is 10.5. The fourth-order valence-electron chi connectivity index (χ4n) is 1.97. The summed E-state index contributed by atoms with van der Waals surface area (Å²) < 4.78 is 0. The minimum absolute atomic E-state index is 0.582. The molecule has 1 atom stereocenters. The van der Waals surface area contributed by atoms with E-state index >= 15 is 0 Å². The summed E-state index contributed by atoms with van der Waals surface area (Å²) in [6, 6.07) is 12.2. The van der Waals surface area contributed by atoms with Crippen LogP contribution in [0.3, 0.4) is 0 Å². The molecule has 15 heavy (non-hydrogen) atoms. The molecule has 2 rings (SSSR count). The number of unbranched alkanes of at least 4 members (excludes halogenated alkanes) is 1. The van der Waals surface area contributed by atoms with E-state index in [9.17, 15) is 0 Å². The molecule has 1 heteroatoms. The van der Waals surface area contributed by atoms with Crippen molar-refractivity contribution < 1.29 is 0 Å². The average molecular weight is 203 g/mol. The van der Waals surface area contributed by atoms with E-state index in [1.807, 2.05) is 0 Å². The highest BCUT2D eigenvalue weighted by molar-refractivity contribution is 5.19. The maximum Gasteiger partial charge on any atom is 0.0322 e. The minimum Gasteiger partial charge on any atom is -0.307 e. The second kappa shape index (κ2) is 5.32. The molecule has 0 bridgehead atoms. The Labute approximate surface area is 92.9 Å². The maximum absolute atomic E-state index is 3.74. The van der Waals surface area contributed by atoms with Crippen molar-refractivity contribution >= 4 is 0 Å². The van der Waals surface area contributed by atoms with E-state index in [1.54, 1.807) is 0 Å². The van der Waals surface area contributed by atoms with Gasteiger partial charge in [0, 0.05) is 12.1 Å². The molecule has 1 aromatic carbocycles. The molecule has 1 aliphatic rings. The third-order valence-corrected chi connectivity index (χ3v) is 3.06. The van der Waals surface area contributed by atoms with E-state index in [0.717, 1.165) is 6.04 Å². The van der Waals surface area contributed by atoms with Crippen LogP contribution in [0.15, 0.2) is 30.3 Å². The smallest absolute Gasteiger partial charge is 0.0322 e. The summed E-state index contributed by atoms with van der Waals surface area (Å²) in [5, 5.41) is 3.74. The van der Waals surface area contributed by atoms with Crippen molar-refractivity contribution in [2.45, 2.75) is 51.1 Å². The number of nitrogens with one attached hydrogen (secondary N) is 1. The molecule has 0 radical (unpaired) electrons. The van der Waals surface area contributed by atoms with Crippen molar-refractivity contribution in [3.63, 3.8) is 0 Å². The first-order valence-electron chi connectivity index (χ1n) is 6.21. The quantitative estimate of drug-likeness (QED) is 0.744. The highest BCUT2D eigenvalue weighted by Crippen LogP contribution is 2.27. The molecule has 1 aromatic rings. The van der Waals surface area contributed by atoms with Crippen LogP contribution in [-0.2, 0) is 0 Å². The van der Waals surface area contributed by atoms with Crippen molar-refractivity contribution in [1.82, 2.24) is 5.32 Å². The van der Waals surface area contributed by atoms with E-state index < -0.39 is 0 Å². The van der Waals surface area contributed by atoms with Gasteiger partial charge in [-0.05, 0) is 24.8 Å². The van der Waals surface area contributed by atoms with Gasteiger partial charge in [-0.25, -0.2) is 0 Å². The summed E-state index contributed by atoms with van der Waals surface area (Å²) in [6.45, 7) is 2.26. The number of hydrogen-bond donors (Lipinski definition) is 1. The van der Waals surface area contributed by atoms with Gasteiger partial charge in [-0.15, -0.1) is 0 Å². The summed E-state index contributed by atoms with van der Waals surface area (Å²) in [4.78, 5) is 0. The molecule has 1 unspecified atom stereocenters. The van der Waals surface area contributed by atoms with Gasteiger partial charge in [-0.2, -0.15) is 0 Å². The van der Waals surface area contributed by atoms with E-state index in [-0.39, 0.29) is 0 Å². The van der Waals surface area contributed by atoms with Crippen LogP contribution < -0.4 is 5.32 Å². The van der Waals surface area contributed by atoms with Gasteiger partial charge in [0.1, 0.15) is 0 Å². The summed E-state index contributed by atoms with van der Waals surface area (Å²) in [5.41, 5.74) is 1.46.